The predicted molar refractivity (Wildman–Crippen MR) is 179 cm³/mol. The third-order valence-corrected chi connectivity index (χ3v) is 9.32. The van der Waals surface area contributed by atoms with Crippen LogP contribution in [0.4, 0.5) is 33.5 Å². The molecule has 1 aromatic carbocycles. The number of nitrogens with two attached hydrogens (primary N) is 2. The Labute approximate surface area is 291 Å². The molecule has 0 bridgehead atoms. The van der Waals surface area contributed by atoms with Crippen LogP contribution in [0.25, 0.3) is 0 Å². The van der Waals surface area contributed by atoms with Crippen LogP contribution in [0.2, 0.25) is 5.02 Å². The number of carbonyl (C=O) groups is 1. The standard InChI is InChI=1S/C25H28ClF4N7O3.C8H12FN/c1-36(2)23(38)21(32)20(27)17-10-37(6-4-5-33-17)22-14-11-40-18(9-16(14)34-24(35-22)39-3)13-7-12(31)8-15(26)19(13)25(28,29)30;9-5-7-4-8-2-1-3-10(8)6-7/h7-8,18H,4-6,9-11,31-32H2,1-3H3;5,8H,1-4,6H2/b21-20+;7-5-. The molecular weight excluding hydrogens is 687 g/mol. The van der Waals surface area contributed by atoms with E-state index in [0.29, 0.717) is 36.1 Å². The summed E-state index contributed by atoms with van der Waals surface area (Å²) in [5, 5.41) is -0.531. The van der Waals surface area contributed by atoms with Crippen LogP contribution in [-0.2, 0) is 28.7 Å². The number of nitrogen functional groups attached to an aromatic ring is 1. The number of rotatable bonds is 5. The summed E-state index contributed by atoms with van der Waals surface area (Å²) >= 11 is 5.94. The third-order valence-electron chi connectivity index (χ3n) is 9.03. The molecule has 11 nitrogen and oxygen atoms in total. The largest absolute Gasteiger partial charge is 0.467 e. The fourth-order valence-corrected chi connectivity index (χ4v) is 6.96. The average molecular weight is 727 g/mol. The highest BCUT2D eigenvalue weighted by atomic mass is 35.5. The van der Waals surface area contributed by atoms with Crippen molar-refractivity contribution in [2.75, 3.05) is 64.6 Å². The molecule has 0 spiro atoms. The van der Waals surface area contributed by atoms with Gasteiger partial charge in [-0.1, -0.05) is 11.6 Å². The molecule has 2 atom stereocenters. The van der Waals surface area contributed by atoms with Gasteiger partial charge < -0.3 is 30.7 Å². The smallest absolute Gasteiger partial charge is 0.418 e. The van der Waals surface area contributed by atoms with E-state index in [9.17, 15) is 22.4 Å². The van der Waals surface area contributed by atoms with E-state index in [1.807, 2.05) is 0 Å². The van der Waals surface area contributed by atoms with Crippen molar-refractivity contribution in [3.63, 3.8) is 0 Å². The fourth-order valence-electron chi connectivity index (χ4n) is 6.62. The summed E-state index contributed by atoms with van der Waals surface area (Å²) in [4.78, 5) is 30.6. The maximum absolute atomic E-state index is 15.2. The Kier molecular flexibility index (Phi) is 11.5. The van der Waals surface area contributed by atoms with E-state index in [0.717, 1.165) is 35.8 Å². The molecule has 2 aromatic rings. The molecule has 0 radical (unpaired) electrons. The second kappa shape index (κ2) is 15.5. The highest BCUT2D eigenvalue weighted by Gasteiger charge is 2.40. The zero-order valence-corrected chi connectivity index (χ0v) is 28.8. The van der Waals surface area contributed by atoms with Gasteiger partial charge in [0.25, 0.3) is 5.91 Å². The molecule has 5 heterocycles. The molecule has 4 aliphatic rings. The SMILES string of the molecule is COc1nc2c(c(N3CCCN=C(/C(F)=C(\N)C(=O)N(C)C)C3)n1)COC(c1cc(N)cc(Cl)c1C(F)(F)F)C2.F/C=C1/CC2CCCN2C1. The van der Waals surface area contributed by atoms with Crippen molar-refractivity contribution in [1.29, 1.82) is 0 Å². The van der Waals surface area contributed by atoms with Gasteiger partial charge in [-0.15, -0.1) is 0 Å². The number of hydrogen-bond donors (Lipinski definition) is 2. The molecular formula is C33H40ClF5N8O3. The summed E-state index contributed by atoms with van der Waals surface area (Å²) in [5.74, 6) is -1.28. The van der Waals surface area contributed by atoms with Crippen molar-refractivity contribution in [3.8, 4) is 6.01 Å². The maximum Gasteiger partial charge on any atom is 0.418 e. The van der Waals surface area contributed by atoms with E-state index < -0.39 is 40.3 Å². The molecule has 4 N–H and O–H groups in total. The van der Waals surface area contributed by atoms with Gasteiger partial charge >= 0.3 is 12.2 Å². The molecule has 0 aliphatic carbocycles. The van der Waals surface area contributed by atoms with Crippen molar-refractivity contribution in [2.45, 2.75) is 57.0 Å². The lowest BCUT2D eigenvalue weighted by Gasteiger charge is -2.31. The fraction of sp³-hybridized carbons (Fsp3) is 0.515. The second-order valence-corrected chi connectivity index (χ2v) is 13.1. The zero-order chi connectivity index (χ0) is 36.3. The molecule has 6 rings (SSSR count). The summed E-state index contributed by atoms with van der Waals surface area (Å²) in [7, 11) is 4.25. The van der Waals surface area contributed by atoms with E-state index in [2.05, 4.69) is 19.9 Å². The maximum atomic E-state index is 15.2. The van der Waals surface area contributed by atoms with Crippen LogP contribution in [0.1, 0.15) is 54.2 Å². The normalized spacial score (nSPS) is 22.1. The lowest BCUT2D eigenvalue weighted by Crippen LogP contribution is -2.35. The first-order valence-electron chi connectivity index (χ1n) is 16.1. The summed E-state index contributed by atoms with van der Waals surface area (Å²) in [6, 6.07) is 2.88. The van der Waals surface area contributed by atoms with Crippen molar-refractivity contribution in [1.82, 2.24) is 19.8 Å². The summed E-state index contributed by atoms with van der Waals surface area (Å²) in [5.41, 5.74) is 11.7. The molecule has 1 amide bonds. The first-order valence-corrected chi connectivity index (χ1v) is 16.5. The monoisotopic (exact) mass is 726 g/mol. The van der Waals surface area contributed by atoms with Crippen LogP contribution >= 0.6 is 11.6 Å². The number of amides is 1. The molecule has 4 aliphatic heterocycles. The van der Waals surface area contributed by atoms with E-state index in [4.69, 9.17) is 32.5 Å². The van der Waals surface area contributed by atoms with E-state index in [1.165, 1.54) is 46.7 Å². The predicted octanol–water partition coefficient (Wildman–Crippen LogP) is 5.14. The Bertz CT molecular complexity index is 1690. The highest BCUT2D eigenvalue weighted by molar-refractivity contribution is 6.31. The van der Waals surface area contributed by atoms with Crippen molar-refractivity contribution >= 4 is 34.7 Å². The van der Waals surface area contributed by atoms with Crippen molar-refractivity contribution < 1.29 is 36.2 Å². The van der Waals surface area contributed by atoms with E-state index in [-0.39, 0.29) is 49.1 Å². The number of halogens is 6. The average Bonchev–Trinajstić information content (AvgIpc) is 3.60. The number of hydrogen-bond acceptors (Lipinski definition) is 10. The van der Waals surface area contributed by atoms with Crippen LogP contribution in [0, 0.1) is 0 Å². The zero-order valence-electron chi connectivity index (χ0n) is 28.0. The van der Waals surface area contributed by atoms with Gasteiger partial charge in [-0.2, -0.15) is 23.1 Å². The number of aliphatic imine (C=N–C) groups is 1. The first-order chi connectivity index (χ1) is 23.7. The van der Waals surface area contributed by atoms with Crippen LogP contribution < -0.4 is 21.1 Å². The Morgan fingerprint density at radius 3 is 2.58 bits per heavy atom. The second-order valence-electron chi connectivity index (χ2n) is 12.7. The Balaban J connectivity index is 0.000000412. The number of benzene rings is 1. The summed E-state index contributed by atoms with van der Waals surface area (Å²) in [6.45, 7) is 2.53. The van der Waals surface area contributed by atoms with Crippen LogP contribution in [0.15, 0.2) is 40.6 Å². The lowest BCUT2D eigenvalue weighted by molar-refractivity contribution is -0.139. The number of nitrogens with zero attached hydrogens (tertiary/aromatic N) is 6. The van der Waals surface area contributed by atoms with Gasteiger partial charge in [-0.3, -0.25) is 14.7 Å². The topological polar surface area (TPSA) is 135 Å². The minimum atomic E-state index is -4.74. The molecule has 272 valence electrons. The highest BCUT2D eigenvalue weighted by Crippen LogP contribution is 2.44. The Morgan fingerprint density at radius 2 is 1.92 bits per heavy atom. The molecule has 0 saturated carbocycles. The number of alkyl halides is 3. The number of ether oxygens (including phenoxy) is 2. The lowest BCUT2D eigenvalue weighted by atomic mass is 9.94. The molecule has 2 unspecified atom stereocenters. The first kappa shape index (κ1) is 37.2. The molecule has 2 saturated heterocycles. The van der Waals surface area contributed by atoms with Gasteiger partial charge in [0.2, 0.25) is 0 Å². The Morgan fingerprint density at radius 1 is 1.16 bits per heavy atom. The number of aromatic nitrogens is 2. The number of anilines is 2. The minimum absolute atomic E-state index is 0.0305. The number of fused-ring (bicyclic) bond motifs is 2. The number of methoxy groups -OCH3 is 1. The molecule has 17 heteroatoms. The quantitative estimate of drug-likeness (QED) is 0.244. The number of carbonyl (C=O) groups excluding carboxylic acids is 1. The van der Waals surface area contributed by atoms with Crippen molar-refractivity contribution in [2.24, 2.45) is 10.7 Å². The van der Waals surface area contributed by atoms with Gasteiger partial charge in [0.1, 0.15) is 11.5 Å². The molecule has 50 heavy (non-hydrogen) atoms. The number of likely N-dealkylation sites (N-methyl/N-ethyl adjacent to an activating group) is 1. The third kappa shape index (κ3) is 8.13. The molecule has 2 fully saturated rings. The minimum Gasteiger partial charge on any atom is -0.467 e. The van der Waals surface area contributed by atoms with E-state index in [1.54, 1.807) is 4.90 Å². The van der Waals surface area contributed by atoms with E-state index >= 15 is 4.39 Å². The van der Waals surface area contributed by atoms with Gasteiger partial charge in [0, 0.05) is 57.4 Å². The van der Waals surface area contributed by atoms with Gasteiger partial charge in [-0.25, -0.2) is 8.78 Å². The Hall–Kier alpha value is -4.02. The summed E-state index contributed by atoms with van der Waals surface area (Å²) < 4.78 is 80.1. The van der Waals surface area contributed by atoms with Crippen LogP contribution in [-0.4, -0.2) is 91.4 Å². The van der Waals surface area contributed by atoms with Gasteiger partial charge in [0.05, 0.1) is 54.7 Å². The van der Waals surface area contributed by atoms with Crippen LogP contribution in [0.5, 0.6) is 6.01 Å². The van der Waals surface area contributed by atoms with Crippen LogP contribution in [0.3, 0.4) is 0 Å². The van der Waals surface area contributed by atoms with Gasteiger partial charge in [0.15, 0.2) is 5.83 Å². The summed E-state index contributed by atoms with van der Waals surface area (Å²) in [6.07, 6.45) is -0.975. The van der Waals surface area contributed by atoms with Gasteiger partial charge in [-0.05, 0) is 55.5 Å². The molecule has 1 aromatic heterocycles. The van der Waals surface area contributed by atoms with Crippen molar-refractivity contribution in [3.05, 3.63) is 63.0 Å².